The fourth-order valence-corrected chi connectivity index (χ4v) is 7.44. The SMILES string of the molecule is Cc1cc(Cc2csc(-c3ccc4c(c3)CC3C5CCC(C5)C3C4)n2)c(C)cc1N. The van der Waals surface area contributed by atoms with Crippen LogP contribution in [0.3, 0.4) is 0 Å². The van der Waals surface area contributed by atoms with Gasteiger partial charge in [-0.25, -0.2) is 4.98 Å². The second-order valence-electron chi connectivity index (χ2n) is 10.0. The van der Waals surface area contributed by atoms with Gasteiger partial charge in [-0.2, -0.15) is 0 Å². The van der Waals surface area contributed by atoms with E-state index in [1.54, 1.807) is 22.5 Å². The zero-order valence-electron chi connectivity index (χ0n) is 17.9. The van der Waals surface area contributed by atoms with Crippen molar-refractivity contribution in [3.63, 3.8) is 0 Å². The van der Waals surface area contributed by atoms with Crippen molar-refractivity contribution >= 4 is 17.0 Å². The average molecular weight is 415 g/mol. The van der Waals surface area contributed by atoms with Gasteiger partial charge in [-0.15, -0.1) is 11.3 Å². The van der Waals surface area contributed by atoms with Crippen LogP contribution in [-0.2, 0) is 19.3 Å². The van der Waals surface area contributed by atoms with E-state index in [0.717, 1.165) is 52.0 Å². The molecule has 3 aliphatic rings. The summed E-state index contributed by atoms with van der Waals surface area (Å²) in [6.45, 7) is 4.23. The second kappa shape index (κ2) is 6.95. The van der Waals surface area contributed by atoms with Crippen molar-refractivity contribution in [1.82, 2.24) is 4.98 Å². The summed E-state index contributed by atoms with van der Waals surface area (Å²) in [7, 11) is 0. The van der Waals surface area contributed by atoms with Crippen LogP contribution in [0.1, 0.15) is 52.8 Å². The highest BCUT2D eigenvalue weighted by atomic mass is 32.1. The van der Waals surface area contributed by atoms with E-state index in [2.05, 4.69) is 49.6 Å². The molecular formula is C27H30N2S. The first-order valence-electron chi connectivity index (χ1n) is 11.5. The van der Waals surface area contributed by atoms with Gasteiger partial charge in [0.2, 0.25) is 0 Å². The standard InChI is InChI=1S/C27H30N2S/c1-15-8-26(28)16(2)7-21(15)11-23-14-30-27(29-23)20-6-3-17-12-24-18-4-5-19(9-18)25(24)13-22(17)10-20/h3,6-8,10,14,18-19,24-25H,4-5,9,11-13,28H2,1-2H3. The van der Waals surface area contributed by atoms with Crippen LogP contribution in [0.5, 0.6) is 0 Å². The van der Waals surface area contributed by atoms with Crippen molar-refractivity contribution in [3.8, 4) is 10.6 Å². The first kappa shape index (κ1) is 18.6. The molecule has 6 rings (SSSR count). The molecule has 2 nitrogen and oxygen atoms in total. The van der Waals surface area contributed by atoms with Gasteiger partial charge in [0.05, 0.1) is 5.69 Å². The third-order valence-corrected chi connectivity index (χ3v) is 9.23. The van der Waals surface area contributed by atoms with Gasteiger partial charge in [0.1, 0.15) is 5.01 Å². The Labute approximate surface area is 183 Å². The molecule has 154 valence electrons. The molecule has 3 aliphatic carbocycles. The quantitative estimate of drug-likeness (QED) is 0.506. The molecule has 2 fully saturated rings. The first-order chi connectivity index (χ1) is 14.5. The molecule has 0 amide bonds. The Morgan fingerprint density at radius 1 is 0.967 bits per heavy atom. The molecule has 3 aromatic rings. The summed E-state index contributed by atoms with van der Waals surface area (Å²) >= 11 is 1.78. The zero-order chi connectivity index (χ0) is 20.4. The third kappa shape index (κ3) is 3.01. The minimum absolute atomic E-state index is 0.876. The molecule has 4 unspecified atom stereocenters. The number of hydrogen-bond donors (Lipinski definition) is 1. The number of nitrogen functional groups attached to an aromatic ring is 1. The second-order valence-corrected chi connectivity index (χ2v) is 10.9. The van der Waals surface area contributed by atoms with Crippen LogP contribution >= 0.6 is 11.3 Å². The maximum atomic E-state index is 6.06. The predicted molar refractivity (Wildman–Crippen MR) is 126 cm³/mol. The van der Waals surface area contributed by atoms with Gasteiger partial charge < -0.3 is 5.73 Å². The zero-order valence-corrected chi connectivity index (χ0v) is 18.8. The van der Waals surface area contributed by atoms with Crippen molar-refractivity contribution in [1.29, 1.82) is 0 Å². The van der Waals surface area contributed by atoms with Gasteiger partial charge in [0.15, 0.2) is 0 Å². The highest BCUT2D eigenvalue weighted by molar-refractivity contribution is 7.13. The van der Waals surface area contributed by atoms with Crippen LogP contribution in [-0.4, -0.2) is 4.98 Å². The number of benzene rings is 2. The number of hydrogen-bond acceptors (Lipinski definition) is 3. The molecule has 2 aromatic carbocycles. The van der Waals surface area contributed by atoms with E-state index < -0.39 is 0 Å². The van der Waals surface area contributed by atoms with E-state index in [4.69, 9.17) is 10.7 Å². The molecule has 1 aromatic heterocycles. The number of nitrogens with zero attached hydrogens (tertiary/aromatic N) is 1. The molecule has 0 radical (unpaired) electrons. The largest absolute Gasteiger partial charge is 0.399 e. The Kier molecular flexibility index (Phi) is 4.31. The van der Waals surface area contributed by atoms with E-state index in [0.29, 0.717) is 0 Å². The normalized spacial score (nSPS) is 26.6. The number of fused-ring (bicyclic) bond motifs is 6. The Bertz CT molecular complexity index is 1130. The smallest absolute Gasteiger partial charge is 0.123 e. The Hall–Kier alpha value is -2.13. The van der Waals surface area contributed by atoms with Gasteiger partial charge in [-0.3, -0.25) is 0 Å². The average Bonchev–Trinajstić information content (AvgIpc) is 3.47. The van der Waals surface area contributed by atoms with E-state index in [1.807, 2.05) is 0 Å². The third-order valence-electron chi connectivity index (χ3n) is 8.29. The van der Waals surface area contributed by atoms with Crippen molar-refractivity contribution in [2.24, 2.45) is 23.7 Å². The number of aromatic nitrogens is 1. The molecule has 0 aliphatic heterocycles. The summed E-state index contributed by atoms with van der Waals surface area (Å²) in [5, 5.41) is 3.39. The van der Waals surface area contributed by atoms with Crippen molar-refractivity contribution in [2.45, 2.75) is 52.4 Å². The number of thiazole rings is 1. The highest BCUT2D eigenvalue weighted by Gasteiger charge is 2.48. The van der Waals surface area contributed by atoms with Gasteiger partial charge in [0.25, 0.3) is 0 Å². The molecule has 1 heterocycles. The van der Waals surface area contributed by atoms with Crippen LogP contribution < -0.4 is 5.73 Å². The lowest BCUT2D eigenvalue weighted by molar-refractivity contribution is 0.206. The molecule has 0 saturated heterocycles. The predicted octanol–water partition coefficient (Wildman–Crippen LogP) is 6.36. The molecule has 2 bridgehead atoms. The number of aryl methyl sites for hydroxylation is 2. The van der Waals surface area contributed by atoms with Crippen molar-refractivity contribution < 1.29 is 0 Å². The van der Waals surface area contributed by atoms with Gasteiger partial charge >= 0.3 is 0 Å². The van der Waals surface area contributed by atoms with Crippen molar-refractivity contribution in [3.05, 3.63) is 69.2 Å². The Balaban J connectivity index is 1.25. The summed E-state index contributed by atoms with van der Waals surface area (Å²) < 4.78 is 0. The lowest BCUT2D eigenvalue weighted by Gasteiger charge is -2.36. The number of rotatable bonds is 3. The summed E-state index contributed by atoms with van der Waals surface area (Å²) in [5.41, 5.74) is 16.3. The van der Waals surface area contributed by atoms with Gasteiger partial charge in [-0.1, -0.05) is 18.2 Å². The van der Waals surface area contributed by atoms with Crippen LogP contribution in [0.15, 0.2) is 35.7 Å². The van der Waals surface area contributed by atoms with Crippen LogP contribution in [0.2, 0.25) is 0 Å². The molecule has 4 atom stereocenters. The van der Waals surface area contributed by atoms with Crippen LogP contribution in [0.4, 0.5) is 5.69 Å². The fraction of sp³-hybridized carbons (Fsp3) is 0.444. The lowest BCUT2D eigenvalue weighted by atomic mass is 9.69. The topological polar surface area (TPSA) is 38.9 Å². The van der Waals surface area contributed by atoms with Crippen molar-refractivity contribution in [2.75, 3.05) is 5.73 Å². The van der Waals surface area contributed by atoms with Gasteiger partial charge in [-0.05, 0) is 110 Å². The Morgan fingerprint density at radius 3 is 2.53 bits per heavy atom. The minimum Gasteiger partial charge on any atom is -0.399 e. The maximum absolute atomic E-state index is 6.06. The molecular weight excluding hydrogens is 384 g/mol. The fourth-order valence-electron chi connectivity index (χ4n) is 6.63. The monoisotopic (exact) mass is 414 g/mol. The number of anilines is 1. The summed E-state index contributed by atoms with van der Waals surface area (Å²) in [4.78, 5) is 5.01. The maximum Gasteiger partial charge on any atom is 0.123 e. The lowest BCUT2D eigenvalue weighted by Crippen LogP contribution is -2.30. The molecule has 2 saturated carbocycles. The number of nitrogens with two attached hydrogens (primary N) is 1. The summed E-state index contributed by atoms with van der Waals surface area (Å²) in [5.74, 6) is 3.96. The van der Waals surface area contributed by atoms with E-state index in [9.17, 15) is 0 Å². The molecule has 3 heteroatoms. The van der Waals surface area contributed by atoms with Gasteiger partial charge in [0, 0.05) is 23.1 Å². The van der Waals surface area contributed by atoms with Crippen LogP contribution in [0.25, 0.3) is 10.6 Å². The summed E-state index contributed by atoms with van der Waals surface area (Å²) in [6, 6.07) is 11.5. The first-order valence-corrected chi connectivity index (χ1v) is 12.4. The highest BCUT2D eigenvalue weighted by Crippen LogP contribution is 2.56. The molecule has 2 N–H and O–H groups in total. The Morgan fingerprint density at radius 2 is 1.73 bits per heavy atom. The van der Waals surface area contributed by atoms with E-state index in [1.165, 1.54) is 48.8 Å². The molecule has 30 heavy (non-hydrogen) atoms. The summed E-state index contributed by atoms with van der Waals surface area (Å²) in [6.07, 6.45) is 7.99. The molecule has 0 spiro atoms. The minimum atomic E-state index is 0.876. The van der Waals surface area contributed by atoms with E-state index in [-0.39, 0.29) is 0 Å². The van der Waals surface area contributed by atoms with E-state index >= 15 is 0 Å². The van der Waals surface area contributed by atoms with Crippen LogP contribution in [0, 0.1) is 37.5 Å².